The lowest BCUT2D eigenvalue weighted by Gasteiger charge is -2.22. The van der Waals surface area contributed by atoms with Crippen LogP contribution in [0.3, 0.4) is 0 Å². The Morgan fingerprint density at radius 2 is 2.18 bits per heavy atom. The molecule has 3 aromatic rings. The topological polar surface area (TPSA) is 149 Å². The molecule has 10 heteroatoms. The van der Waals surface area contributed by atoms with Gasteiger partial charge in [-0.3, -0.25) is 19.5 Å². The molecule has 1 amide bonds. The van der Waals surface area contributed by atoms with E-state index in [-0.39, 0.29) is 6.42 Å². The molecule has 4 N–H and O–H groups in total. The largest absolute Gasteiger partial charge is 0.445 e. The van der Waals surface area contributed by atoms with Crippen LogP contribution in [-0.2, 0) is 9.59 Å². The van der Waals surface area contributed by atoms with E-state index in [1.807, 2.05) is 0 Å². The number of pyridine rings is 1. The van der Waals surface area contributed by atoms with Crippen molar-refractivity contribution in [1.82, 2.24) is 24.8 Å². The SMILES string of the molecule is C=C/C=C\C(=C/C)CC(NC(O)c1cncn1-c1cc(-c2ncco2)ccn1)C(=O)C(N)=O. The highest BCUT2D eigenvalue weighted by atomic mass is 16.3. The zero-order chi connectivity index (χ0) is 23.8. The monoisotopic (exact) mass is 448 g/mol. The number of hydrogen-bond acceptors (Lipinski definition) is 8. The Bertz CT molecular complexity index is 1180. The summed E-state index contributed by atoms with van der Waals surface area (Å²) in [5.74, 6) is -1.09. The number of imidazole rings is 1. The lowest BCUT2D eigenvalue weighted by atomic mass is 10.0. The summed E-state index contributed by atoms with van der Waals surface area (Å²) in [4.78, 5) is 36.5. The van der Waals surface area contributed by atoms with Gasteiger partial charge in [-0.25, -0.2) is 15.0 Å². The number of carbonyl (C=O) groups is 2. The fraction of sp³-hybridized carbons (Fsp3) is 0.174. The highest BCUT2D eigenvalue weighted by Crippen LogP contribution is 2.22. The predicted octanol–water partition coefficient (Wildman–Crippen LogP) is 2.00. The van der Waals surface area contributed by atoms with Crippen molar-refractivity contribution in [2.75, 3.05) is 0 Å². The minimum absolute atomic E-state index is 0.131. The molecule has 0 aliphatic carbocycles. The number of carbonyl (C=O) groups excluding carboxylic acids is 2. The van der Waals surface area contributed by atoms with Crippen LogP contribution in [-0.4, -0.2) is 42.4 Å². The van der Waals surface area contributed by atoms with Gasteiger partial charge in [0, 0.05) is 11.8 Å². The summed E-state index contributed by atoms with van der Waals surface area (Å²) in [6.07, 6.45) is 13.1. The molecule has 3 heterocycles. The molecule has 0 saturated carbocycles. The Balaban J connectivity index is 1.87. The smallest absolute Gasteiger partial charge is 0.286 e. The number of oxazole rings is 1. The maximum Gasteiger partial charge on any atom is 0.286 e. The van der Waals surface area contributed by atoms with E-state index >= 15 is 0 Å². The van der Waals surface area contributed by atoms with Gasteiger partial charge in [-0.05, 0) is 25.5 Å². The molecule has 33 heavy (non-hydrogen) atoms. The van der Waals surface area contributed by atoms with E-state index in [1.165, 1.54) is 25.0 Å². The zero-order valence-corrected chi connectivity index (χ0v) is 18.0. The van der Waals surface area contributed by atoms with Crippen LogP contribution in [0.25, 0.3) is 17.3 Å². The first kappa shape index (κ1) is 23.5. The van der Waals surface area contributed by atoms with Gasteiger partial charge in [0.05, 0.1) is 24.1 Å². The minimum Gasteiger partial charge on any atom is -0.445 e. The number of ketones is 1. The molecular weight excluding hydrogens is 424 g/mol. The van der Waals surface area contributed by atoms with Crippen molar-refractivity contribution in [3.05, 3.63) is 85.5 Å². The first-order valence-corrected chi connectivity index (χ1v) is 10.0. The van der Waals surface area contributed by atoms with Crippen LogP contribution in [0.4, 0.5) is 0 Å². The number of aromatic nitrogens is 4. The second-order valence-electron chi connectivity index (χ2n) is 6.94. The van der Waals surface area contributed by atoms with E-state index < -0.39 is 24.0 Å². The van der Waals surface area contributed by atoms with E-state index in [1.54, 1.807) is 54.1 Å². The van der Waals surface area contributed by atoms with Crippen molar-refractivity contribution in [1.29, 1.82) is 0 Å². The highest BCUT2D eigenvalue weighted by molar-refractivity contribution is 6.37. The average Bonchev–Trinajstić information content (AvgIpc) is 3.53. The first-order chi connectivity index (χ1) is 15.9. The second kappa shape index (κ2) is 10.9. The Kier molecular flexibility index (Phi) is 7.79. The summed E-state index contributed by atoms with van der Waals surface area (Å²) < 4.78 is 6.87. The summed E-state index contributed by atoms with van der Waals surface area (Å²) >= 11 is 0. The molecule has 3 rings (SSSR count). The van der Waals surface area contributed by atoms with E-state index in [2.05, 4.69) is 26.8 Å². The van der Waals surface area contributed by atoms with E-state index in [0.717, 1.165) is 5.57 Å². The summed E-state index contributed by atoms with van der Waals surface area (Å²) in [6, 6.07) is 2.39. The quantitative estimate of drug-likeness (QED) is 0.229. The van der Waals surface area contributed by atoms with Crippen molar-refractivity contribution in [3.8, 4) is 17.3 Å². The maximum absolute atomic E-state index is 12.4. The fourth-order valence-electron chi connectivity index (χ4n) is 3.13. The van der Waals surface area contributed by atoms with Gasteiger partial charge in [-0.1, -0.05) is 36.5 Å². The molecule has 0 saturated heterocycles. The average molecular weight is 448 g/mol. The van der Waals surface area contributed by atoms with Crippen molar-refractivity contribution in [2.45, 2.75) is 25.6 Å². The predicted molar refractivity (Wildman–Crippen MR) is 121 cm³/mol. The number of aliphatic hydroxyl groups is 1. The zero-order valence-electron chi connectivity index (χ0n) is 18.0. The molecule has 3 aromatic heterocycles. The van der Waals surface area contributed by atoms with Gasteiger partial charge in [0.25, 0.3) is 5.91 Å². The number of Topliss-reactive ketones (excluding diaryl/α,β-unsaturated/α-hetero) is 1. The molecule has 0 aromatic carbocycles. The number of nitrogens with one attached hydrogen (secondary N) is 1. The van der Waals surface area contributed by atoms with Crippen LogP contribution < -0.4 is 11.1 Å². The lowest BCUT2D eigenvalue weighted by molar-refractivity contribution is -0.137. The number of primary amides is 1. The molecular formula is C23H24N6O4. The number of nitrogens with zero attached hydrogens (tertiary/aromatic N) is 4. The number of hydrogen-bond donors (Lipinski definition) is 3. The van der Waals surface area contributed by atoms with Crippen molar-refractivity contribution in [3.63, 3.8) is 0 Å². The van der Waals surface area contributed by atoms with Crippen LogP contribution in [0.5, 0.6) is 0 Å². The number of amides is 1. The Morgan fingerprint density at radius 3 is 2.85 bits per heavy atom. The molecule has 0 fully saturated rings. The van der Waals surface area contributed by atoms with Crippen molar-refractivity contribution in [2.24, 2.45) is 5.73 Å². The molecule has 0 spiro atoms. The molecule has 10 nitrogen and oxygen atoms in total. The van der Waals surface area contributed by atoms with Gasteiger partial charge < -0.3 is 15.3 Å². The van der Waals surface area contributed by atoms with Crippen LogP contribution >= 0.6 is 0 Å². The lowest BCUT2D eigenvalue weighted by Crippen LogP contribution is -2.45. The second-order valence-corrected chi connectivity index (χ2v) is 6.94. The van der Waals surface area contributed by atoms with Gasteiger partial charge in [-0.15, -0.1) is 0 Å². The molecule has 170 valence electrons. The Morgan fingerprint density at radius 1 is 1.36 bits per heavy atom. The molecule has 0 bridgehead atoms. The maximum atomic E-state index is 12.4. The number of rotatable bonds is 11. The minimum atomic E-state index is -1.35. The number of nitrogens with two attached hydrogens (primary N) is 1. The van der Waals surface area contributed by atoms with Crippen molar-refractivity contribution >= 4 is 11.7 Å². The van der Waals surface area contributed by atoms with E-state index in [4.69, 9.17) is 10.2 Å². The summed E-state index contributed by atoms with van der Waals surface area (Å²) in [6.45, 7) is 5.41. The molecule has 2 unspecified atom stereocenters. The third kappa shape index (κ3) is 5.76. The highest BCUT2D eigenvalue weighted by Gasteiger charge is 2.27. The Labute approximate surface area is 190 Å². The third-order valence-electron chi connectivity index (χ3n) is 4.79. The molecule has 2 atom stereocenters. The van der Waals surface area contributed by atoms with Crippen molar-refractivity contribution < 1.29 is 19.1 Å². The summed E-state index contributed by atoms with van der Waals surface area (Å²) in [5, 5.41) is 13.7. The van der Waals surface area contributed by atoms with Gasteiger partial charge in [0.2, 0.25) is 11.7 Å². The molecule has 0 aliphatic rings. The normalized spacial score (nSPS) is 13.7. The number of allylic oxidation sites excluding steroid dienone is 4. The fourth-order valence-corrected chi connectivity index (χ4v) is 3.13. The Hall–Kier alpha value is -4.15. The van der Waals surface area contributed by atoms with Gasteiger partial charge in [0.15, 0.2) is 0 Å². The van der Waals surface area contributed by atoms with Crippen LogP contribution in [0, 0.1) is 0 Å². The van der Waals surface area contributed by atoms with Crippen LogP contribution in [0.15, 0.2) is 84.2 Å². The van der Waals surface area contributed by atoms with E-state index in [9.17, 15) is 14.7 Å². The standard InChI is InChI=1S/C23H24N6O4/c1-3-5-6-15(4-2)11-17(20(30)21(24)31)28-22(32)18-13-25-14-29(18)19-12-16(7-8-26-19)23-27-9-10-33-23/h3-10,12-14,17,22,28,32H,1,11H2,2H3,(H2,24,31)/b6-5-,15-4+. The number of aliphatic hydroxyl groups excluding tert-OH is 1. The first-order valence-electron chi connectivity index (χ1n) is 10.0. The summed E-state index contributed by atoms with van der Waals surface area (Å²) in [7, 11) is 0. The molecule has 0 aliphatic heterocycles. The van der Waals surface area contributed by atoms with Gasteiger partial charge in [-0.2, -0.15) is 0 Å². The van der Waals surface area contributed by atoms with Gasteiger partial charge in [0.1, 0.15) is 24.6 Å². The van der Waals surface area contributed by atoms with E-state index in [0.29, 0.717) is 23.0 Å². The van der Waals surface area contributed by atoms with Crippen LogP contribution in [0.2, 0.25) is 0 Å². The van der Waals surface area contributed by atoms with Gasteiger partial charge >= 0.3 is 0 Å². The summed E-state index contributed by atoms with van der Waals surface area (Å²) in [5.41, 5.74) is 6.96. The molecule has 0 radical (unpaired) electrons. The van der Waals surface area contributed by atoms with Crippen LogP contribution in [0.1, 0.15) is 25.3 Å². The third-order valence-corrected chi connectivity index (χ3v) is 4.79.